The first-order valence-electron chi connectivity index (χ1n) is 1.67. The second-order valence-corrected chi connectivity index (χ2v) is 2.24. The van der Waals surface area contributed by atoms with Crippen LogP contribution >= 0.6 is 7.82 Å². The first-order valence-corrected chi connectivity index (χ1v) is 3.20. The van der Waals surface area contributed by atoms with Crippen LogP contribution in [0.5, 0.6) is 0 Å². The summed E-state index contributed by atoms with van der Waals surface area (Å²) in [5.74, 6) is -0.988. The summed E-state index contributed by atoms with van der Waals surface area (Å²) in [5, 5.41) is 0. The van der Waals surface area contributed by atoms with Gasteiger partial charge in [0, 0.05) is 6.92 Å². The van der Waals surface area contributed by atoms with Gasteiger partial charge >= 0.3 is 102 Å². The van der Waals surface area contributed by atoms with Gasteiger partial charge in [0.15, 0.2) is 0 Å². The summed E-state index contributed by atoms with van der Waals surface area (Å²) in [6.07, 6.45) is 0. The predicted octanol–water partition coefficient (Wildman–Crippen LogP) is -9.01. The number of rotatable bonds is 1. The molecule has 0 atom stereocenters. The van der Waals surface area contributed by atoms with Crippen LogP contribution in [0.15, 0.2) is 0 Å². The Labute approximate surface area is 135 Å². The van der Waals surface area contributed by atoms with Crippen molar-refractivity contribution in [2.45, 2.75) is 6.92 Å². The van der Waals surface area contributed by atoms with Crippen molar-refractivity contribution in [1.82, 2.24) is 0 Å². The first-order chi connectivity index (χ1) is 3.42. The predicted molar refractivity (Wildman–Crippen MR) is 27.1 cm³/mol. The molecule has 5 nitrogen and oxygen atoms in total. The van der Waals surface area contributed by atoms with Gasteiger partial charge in [-0.1, -0.05) is 0 Å². The Morgan fingerprint density at radius 1 is 1.36 bits per heavy atom. The summed E-state index contributed by atoms with van der Waals surface area (Å²) in [6, 6.07) is 0. The fraction of sp³-hybridized carbons (Fsp3) is 0.500. The largest absolute Gasteiger partial charge is 1.00 e. The third-order valence-corrected chi connectivity index (χ3v) is 0.742. The molecule has 0 aromatic heterocycles. The number of carbonyl (C=O) groups excluding carboxylic acids is 1. The van der Waals surface area contributed by atoms with Crippen molar-refractivity contribution in [2.24, 2.45) is 0 Å². The van der Waals surface area contributed by atoms with Crippen LogP contribution in [0.1, 0.15) is 11.2 Å². The number of phosphoric ester groups is 1. The SMILES string of the molecule is CC(=O)OP(=O)(O)O.[H-].[H-].[H-].[Na+].[Na+].[Na+]. The van der Waals surface area contributed by atoms with Crippen molar-refractivity contribution in [2.75, 3.05) is 0 Å². The zero-order valence-corrected chi connectivity index (χ0v) is 14.0. The van der Waals surface area contributed by atoms with E-state index in [1.54, 1.807) is 0 Å². The van der Waals surface area contributed by atoms with Crippen molar-refractivity contribution >= 4 is 13.8 Å². The fourth-order valence-electron chi connectivity index (χ4n) is 0.167. The minimum atomic E-state index is -4.57. The molecule has 0 spiro atoms. The van der Waals surface area contributed by atoms with E-state index in [0.29, 0.717) is 0 Å². The van der Waals surface area contributed by atoms with E-state index in [2.05, 4.69) is 4.52 Å². The van der Waals surface area contributed by atoms with E-state index >= 15 is 0 Å². The molecule has 0 unspecified atom stereocenters. The van der Waals surface area contributed by atoms with E-state index in [-0.39, 0.29) is 93.0 Å². The second kappa shape index (κ2) is 10.7. The van der Waals surface area contributed by atoms with Gasteiger partial charge in [-0.25, -0.2) is 4.57 Å². The molecule has 54 valence electrons. The minimum absolute atomic E-state index is 0. The van der Waals surface area contributed by atoms with E-state index in [9.17, 15) is 9.36 Å². The molecule has 0 fully saturated rings. The van der Waals surface area contributed by atoms with Crippen LogP contribution in [0.4, 0.5) is 0 Å². The van der Waals surface area contributed by atoms with Gasteiger partial charge in [-0.05, 0) is 0 Å². The number of phosphoric acid groups is 1. The summed E-state index contributed by atoms with van der Waals surface area (Å²) in [4.78, 5) is 25.5. The number of hydrogen-bond donors (Lipinski definition) is 2. The van der Waals surface area contributed by atoms with Gasteiger partial charge in [0.2, 0.25) is 0 Å². The van der Waals surface area contributed by atoms with Gasteiger partial charge in [0.05, 0.1) is 0 Å². The molecule has 0 aliphatic rings. The van der Waals surface area contributed by atoms with Crippen molar-refractivity contribution in [1.29, 1.82) is 0 Å². The van der Waals surface area contributed by atoms with Crippen LogP contribution in [0.25, 0.3) is 0 Å². The Hall–Kier alpha value is 2.62. The van der Waals surface area contributed by atoms with Gasteiger partial charge in [0.25, 0.3) is 0 Å². The van der Waals surface area contributed by atoms with Crippen LogP contribution in [-0.4, -0.2) is 15.8 Å². The average molecular weight is 212 g/mol. The van der Waals surface area contributed by atoms with E-state index in [0.717, 1.165) is 6.92 Å². The van der Waals surface area contributed by atoms with Crippen LogP contribution < -0.4 is 88.7 Å². The molecule has 0 aliphatic heterocycles. The molecule has 0 rings (SSSR count). The van der Waals surface area contributed by atoms with Crippen molar-refractivity contribution in [3.05, 3.63) is 0 Å². The summed E-state index contributed by atoms with van der Waals surface area (Å²) < 4.78 is 13.2. The molecule has 2 N–H and O–H groups in total. The van der Waals surface area contributed by atoms with E-state index < -0.39 is 13.8 Å². The molecule has 0 aliphatic carbocycles. The molecule has 9 heteroatoms. The molecular formula is C2H8Na3O5P. The summed E-state index contributed by atoms with van der Waals surface area (Å²) in [7, 11) is -4.57. The third-order valence-electron chi connectivity index (χ3n) is 0.247. The van der Waals surface area contributed by atoms with E-state index in [1.807, 2.05) is 0 Å². The maximum absolute atomic E-state index is 9.74. The molecule has 0 radical (unpaired) electrons. The molecule has 0 aromatic rings. The smallest absolute Gasteiger partial charge is 1.00 e. The zero-order chi connectivity index (χ0) is 6.78. The maximum atomic E-state index is 9.74. The molecule has 11 heavy (non-hydrogen) atoms. The first kappa shape index (κ1) is 23.4. The Morgan fingerprint density at radius 2 is 1.64 bits per heavy atom. The number of hydrogen-bond acceptors (Lipinski definition) is 3. The van der Waals surface area contributed by atoms with E-state index in [4.69, 9.17) is 9.79 Å². The van der Waals surface area contributed by atoms with Crippen LogP contribution in [0.3, 0.4) is 0 Å². The molecule has 0 aromatic carbocycles. The van der Waals surface area contributed by atoms with Gasteiger partial charge < -0.3 is 8.80 Å². The Morgan fingerprint density at radius 3 is 1.64 bits per heavy atom. The Balaban J connectivity index is -0.0000000163. The van der Waals surface area contributed by atoms with Gasteiger partial charge in [0.1, 0.15) is 0 Å². The minimum Gasteiger partial charge on any atom is -1.00 e. The van der Waals surface area contributed by atoms with Gasteiger partial charge in [-0.2, -0.15) is 0 Å². The summed E-state index contributed by atoms with van der Waals surface area (Å²) >= 11 is 0. The van der Waals surface area contributed by atoms with Gasteiger partial charge in [-0.15, -0.1) is 0 Å². The zero-order valence-electron chi connectivity index (χ0n) is 10.1. The molecule has 0 saturated carbocycles. The molecule has 0 bridgehead atoms. The van der Waals surface area contributed by atoms with Crippen LogP contribution in [0.2, 0.25) is 0 Å². The number of carbonyl (C=O) groups is 1. The van der Waals surface area contributed by atoms with E-state index in [1.165, 1.54) is 0 Å². The Kier molecular flexibility index (Phi) is 22.8. The average Bonchev–Trinajstić information content (AvgIpc) is 1.21. The third kappa shape index (κ3) is 24.5. The summed E-state index contributed by atoms with van der Waals surface area (Å²) in [6.45, 7) is 0.916. The van der Waals surface area contributed by atoms with Crippen LogP contribution in [-0.2, 0) is 13.9 Å². The monoisotopic (exact) mass is 212 g/mol. The molecular weight excluding hydrogens is 204 g/mol. The van der Waals surface area contributed by atoms with Crippen molar-refractivity contribution in [3.63, 3.8) is 0 Å². The quantitative estimate of drug-likeness (QED) is 0.333. The molecule has 0 heterocycles. The fourth-order valence-corrected chi connectivity index (χ4v) is 0.502. The van der Waals surface area contributed by atoms with Gasteiger partial charge in [-0.3, -0.25) is 14.6 Å². The standard InChI is InChI=1S/C2H5O5P.3Na.3H/c1-2(3)7-8(4,5)6;;;;;;/h1H3,(H2,4,5,6);;;;;;/q;3*+1;3*-1. The summed E-state index contributed by atoms with van der Waals surface area (Å²) in [5.41, 5.74) is 0. The molecule has 0 saturated heterocycles. The molecule has 0 amide bonds. The second-order valence-electron chi connectivity index (χ2n) is 1.07. The normalized spacial score (nSPS) is 7.91. The Bertz CT molecular complexity index is 153. The van der Waals surface area contributed by atoms with Crippen molar-refractivity contribution in [3.8, 4) is 0 Å². The maximum Gasteiger partial charge on any atom is 1.00 e. The van der Waals surface area contributed by atoms with Crippen molar-refractivity contribution < 1.29 is 117 Å². The topological polar surface area (TPSA) is 83.8 Å². The van der Waals surface area contributed by atoms with Crippen LogP contribution in [0, 0.1) is 0 Å².